The zero-order valence-corrected chi connectivity index (χ0v) is 20.7. The van der Waals surface area contributed by atoms with E-state index in [4.69, 9.17) is 16.3 Å². The first kappa shape index (κ1) is 24.3. The van der Waals surface area contributed by atoms with Gasteiger partial charge in [-0.15, -0.1) is 0 Å². The molecule has 0 bridgehead atoms. The molecular formula is C25H31ClN4O4. The molecule has 1 aromatic heterocycles. The van der Waals surface area contributed by atoms with Crippen LogP contribution in [-0.4, -0.2) is 70.7 Å². The summed E-state index contributed by atoms with van der Waals surface area (Å²) >= 11 is 6.32. The van der Waals surface area contributed by atoms with E-state index in [1.807, 2.05) is 25.1 Å². The predicted molar refractivity (Wildman–Crippen MR) is 128 cm³/mol. The maximum Gasteiger partial charge on any atom is 0.310 e. The van der Waals surface area contributed by atoms with Crippen molar-refractivity contribution in [1.29, 1.82) is 0 Å². The standard InChI is InChI=1S/C25H31ClN4O4/c1-4-34-25(33)18-6-5-11-29(14-18)22(31)15-28(3)24(32)20-13-27-30(23(20)17-8-9-17)19-10-7-16(2)21(26)12-19/h7,10,12-13,17-18H,4-6,8-9,11,14-15H2,1-3H3. The minimum Gasteiger partial charge on any atom is -0.466 e. The molecule has 2 aromatic rings. The Morgan fingerprint density at radius 3 is 2.68 bits per heavy atom. The Morgan fingerprint density at radius 1 is 1.24 bits per heavy atom. The third kappa shape index (κ3) is 5.12. The summed E-state index contributed by atoms with van der Waals surface area (Å²) in [5.41, 5.74) is 3.17. The van der Waals surface area contributed by atoms with Crippen LogP contribution in [0, 0.1) is 12.8 Å². The third-order valence-electron chi connectivity index (χ3n) is 6.51. The number of rotatable bonds is 7. The Balaban J connectivity index is 1.47. The number of likely N-dealkylation sites (tertiary alicyclic amines) is 1. The van der Waals surface area contributed by atoms with Crippen LogP contribution in [0.25, 0.3) is 5.69 Å². The summed E-state index contributed by atoms with van der Waals surface area (Å²) < 4.78 is 6.91. The number of hydrogen-bond acceptors (Lipinski definition) is 5. The summed E-state index contributed by atoms with van der Waals surface area (Å²) in [7, 11) is 1.63. The van der Waals surface area contributed by atoms with Crippen LogP contribution in [0.1, 0.15) is 60.1 Å². The molecule has 0 radical (unpaired) electrons. The largest absolute Gasteiger partial charge is 0.466 e. The smallest absolute Gasteiger partial charge is 0.310 e. The Labute approximate surface area is 204 Å². The number of benzene rings is 1. The predicted octanol–water partition coefficient (Wildman–Crippen LogP) is 3.59. The molecule has 0 spiro atoms. The summed E-state index contributed by atoms with van der Waals surface area (Å²) in [4.78, 5) is 41.5. The fourth-order valence-electron chi connectivity index (χ4n) is 4.43. The fraction of sp³-hybridized carbons (Fsp3) is 0.520. The molecule has 9 heteroatoms. The topological polar surface area (TPSA) is 84.7 Å². The van der Waals surface area contributed by atoms with Gasteiger partial charge in [0, 0.05) is 31.1 Å². The molecule has 2 amide bonds. The van der Waals surface area contributed by atoms with E-state index < -0.39 is 0 Å². The molecule has 1 aliphatic carbocycles. The number of likely N-dealkylation sites (N-methyl/N-ethyl adjacent to an activating group) is 1. The van der Waals surface area contributed by atoms with E-state index in [0.717, 1.165) is 36.2 Å². The summed E-state index contributed by atoms with van der Waals surface area (Å²) in [5.74, 6) is -0.714. The van der Waals surface area contributed by atoms with E-state index in [1.165, 1.54) is 4.90 Å². The lowest BCUT2D eigenvalue weighted by atomic mass is 9.98. The second kappa shape index (κ2) is 10.2. The van der Waals surface area contributed by atoms with Crippen molar-refractivity contribution in [1.82, 2.24) is 19.6 Å². The minimum atomic E-state index is -0.306. The first-order valence-electron chi connectivity index (χ1n) is 11.8. The molecule has 1 saturated carbocycles. The van der Waals surface area contributed by atoms with Gasteiger partial charge in [0.2, 0.25) is 5.91 Å². The summed E-state index contributed by atoms with van der Waals surface area (Å²) in [6.45, 7) is 4.90. The molecule has 1 aliphatic heterocycles. The Kier molecular flexibility index (Phi) is 7.26. The van der Waals surface area contributed by atoms with Crippen molar-refractivity contribution in [2.24, 2.45) is 5.92 Å². The lowest BCUT2D eigenvalue weighted by Gasteiger charge is -2.32. The van der Waals surface area contributed by atoms with Gasteiger partial charge in [-0.2, -0.15) is 5.10 Å². The number of hydrogen-bond donors (Lipinski definition) is 0. The zero-order chi connectivity index (χ0) is 24.4. The molecule has 8 nitrogen and oxygen atoms in total. The van der Waals surface area contributed by atoms with Crippen molar-refractivity contribution in [3.63, 3.8) is 0 Å². The van der Waals surface area contributed by atoms with E-state index in [-0.39, 0.29) is 36.2 Å². The molecule has 2 heterocycles. The average Bonchev–Trinajstić information content (AvgIpc) is 3.58. The number of carbonyl (C=O) groups excluding carboxylic acids is 3. The highest BCUT2D eigenvalue weighted by molar-refractivity contribution is 6.31. The normalized spacial score (nSPS) is 18.0. The van der Waals surface area contributed by atoms with Crippen molar-refractivity contribution >= 4 is 29.4 Å². The highest BCUT2D eigenvalue weighted by Gasteiger charge is 2.35. The van der Waals surface area contributed by atoms with E-state index >= 15 is 0 Å². The number of aryl methyl sites for hydroxylation is 1. The molecule has 182 valence electrons. The highest BCUT2D eigenvalue weighted by Crippen LogP contribution is 2.43. The highest BCUT2D eigenvalue weighted by atomic mass is 35.5. The monoisotopic (exact) mass is 486 g/mol. The van der Waals surface area contributed by atoms with Gasteiger partial charge < -0.3 is 14.5 Å². The van der Waals surface area contributed by atoms with Crippen molar-refractivity contribution < 1.29 is 19.1 Å². The number of aromatic nitrogens is 2. The van der Waals surface area contributed by atoms with Gasteiger partial charge in [0.25, 0.3) is 5.91 Å². The van der Waals surface area contributed by atoms with Crippen LogP contribution in [0.2, 0.25) is 5.02 Å². The second-order valence-electron chi connectivity index (χ2n) is 9.16. The molecule has 1 aromatic carbocycles. The number of piperidine rings is 1. The Hall–Kier alpha value is -2.87. The second-order valence-corrected chi connectivity index (χ2v) is 9.56. The van der Waals surface area contributed by atoms with Crippen LogP contribution in [0.3, 0.4) is 0 Å². The zero-order valence-electron chi connectivity index (χ0n) is 19.9. The molecule has 1 unspecified atom stereocenters. The van der Waals surface area contributed by atoms with Gasteiger partial charge in [0.15, 0.2) is 0 Å². The lowest BCUT2D eigenvalue weighted by Crippen LogP contribution is -2.47. The number of amides is 2. The van der Waals surface area contributed by atoms with E-state index in [2.05, 4.69) is 5.10 Å². The maximum atomic E-state index is 13.3. The Bertz CT molecular complexity index is 1090. The molecule has 2 fully saturated rings. The van der Waals surface area contributed by atoms with Crippen molar-refractivity contribution in [2.75, 3.05) is 33.3 Å². The van der Waals surface area contributed by atoms with Crippen molar-refractivity contribution in [3.8, 4) is 5.69 Å². The third-order valence-corrected chi connectivity index (χ3v) is 6.92. The molecule has 2 aliphatic rings. The van der Waals surface area contributed by atoms with Gasteiger partial charge >= 0.3 is 5.97 Å². The number of esters is 1. The number of halogens is 1. The quantitative estimate of drug-likeness (QED) is 0.558. The number of ether oxygens (including phenoxy) is 1. The molecule has 1 saturated heterocycles. The van der Waals surface area contributed by atoms with Crippen molar-refractivity contribution in [2.45, 2.75) is 45.4 Å². The molecule has 4 rings (SSSR count). The van der Waals surface area contributed by atoms with Crippen LogP contribution >= 0.6 is 11.6 Å². The SMILES string of the molecule is CCOC(=O)C1CCCN(C(=O)CN(C)C(=O)c2cnn(-c3ccc(C)c(Cl)c3)c2C2CC2)C1. The van der Waals surface area contributed by atoms with Crippen LogP contribution in [-0.2, 0) is 14.3 Å². The van der Waals surface area contributed by atoms with Gasteiger partial charge in [-0.3, -0.25) is 14.4 Å². The van der Waals surface area contributed by atoms with Gasteiger partial charge in [-0.25, -0.2) is 4.68 Å². The van der Waals surface area contributed by atoms with E-state index in [1.54, 1.807) is 29.7 Å². The first-order valence-corrected chi connectivity index (χ1v) is 12.2. The molecule has 0 N–H and O–H groups in total. The van der Waals surface area contributed by atoms with E-state index in [0.29, 0.717) is 36.7 Å². The van der Waals surface area contributed by atoms with Gasteiger partial charge in [-0.05, 0) is 57.2 Å². The summed E-state index contributed by atoms with van der Waals surface area (Å²) in [6.07, 6.45) is 5.03. The minimum absolute atomic E-state index is 0.0555. The number of carbonyl (C=O) groups is 3. The lowest BCUT2D eigenvalue weighted by molar-refractivity contribution is -0.151. The molecular weight excluding hydrogens is 456 g/mol. The molecule has 1 atom stereocenters. The van der Waals surface area contributed by atoms with Crippen LogP contribution in [0.4, 0.5) is 0 Å². The fourth-order valence-corrected chi connectivity index (χ4v) is 4.60. The van der Waals surface area contributed by atoms with Crippen LogP contribution in [0.5, 0.6) is 0 Å². The van der Waals surface area contributed by atoms with E-state index in [9.17, 15) is 14.4 Å². The van der Waals surface area contributed by atoms with Crippen molar-refractivity contribution in [3.05, 3.63) is 46.2 Å². The van der Waals surface area contributed by atoms with Crippen LogP contribution in [0.15, 0.2) is 24.4 Å². The van der Waals surface area contributed by atoms with Gasteiger partial charge in [0.1, 0.15) is 0 Å². The van der Waals surface area contributed by atoms with Gasteiger partial charge in [-0.1, -0.05) is 17.7 Å². The summed E-state index contributed by atoms with van der Waals surface area (Å²) in [5, 5.41) is 5.15. The average molecular weight is 487 g/mol. The number of nitrogens with zero attached hydrogens (tertiary/aromatic N) is 4. The van der Waals surface area contributed by atoms with Crippen LogP contribution < -0.4 is 0 Å². The first-order chi connectivity index (χ1) is 16.3. The summed E-state index contributed by atoms with van der Waals surface area (Å²) in [6, 6.07) is 5.73. The maximum absolute atomic E-state index is 13.3. The Morgan fingerprint density at radius 2 is 2.00 bits per heavy atom. The van der Waals surface area contributed by atoms with Gasteiger partial charge in [0.05, 0.1) is 42.2 Å². The molecule has 34 heavy (non-hydrogen) atoms.